The summed E-state index contributed by atoms with van der Waals surface area (Å²) in [6.07, 6.45) is 3.51. The Morgan fingerprint density at radius 1 is 1.60 bits per heavy atom. The third-order valence-electron chi connectivity index (χ3n) is 2.80. The molecule has 0 N–H and O–H groups in total. The summed E-state index contributed by atoms with van der Waals surface area (Å²) in [7, 11) is 0. The summed E-state index contributed by atoms with van der Waals surface area (Å²) in [5, 5.41) is 2.85. The van der Waals surface area contributed by atoms with Gasteiger partial charge in [-0.1, -0.05) is 22.0 Å². The van der Waals surface area contributed by atoms with Crippen LogP contribution in [0.5, 0.6) is 0 Å². The molecular weight excluding hydrogens is 274 g/mol. The molecule has 0 aromatic carbocycles. The van der Waals surface area contributed by atoms with Gasteiger partial charge in [0, 0.05) is 17.9 Å². The minimum atomic E-state index is 0.203. The molecule has 1 aliphatic heterocycles. The lowest BCUT2D eigenvalue weighted by atomic mass is 10.0. The number of piperidine rings is 1. The predicted octanol–water partition coefficient (Wildman–Crippen LogP) is 3.14. The molecule has 2 rings (SSSR count). The predicted molar refractivity (Wildman–Crippen MR) is 66.8 cm³/mol. The number of alkyl halides is 1. The maximum Gasteiger partial charge on any atom is 0.264 e. The first-order chi connectivity index (χ1) is 7.33. The van der Waals surface area contributed by atoms with Crippen LogP contribution < -0.4 is 0 Å². The third kappa shape index (κ3) is 2.42. The zero-order valence-electron chi connectivity index (χ0n) is 8.49. The topological polar surface area (TPSA) is 20.3 Å². The van der Waals surface area contributed by atoms with E-state index in [9.17, 15) is 4.79 Å². The zero-order chi connectivity index (χ0) is 10.7. The number of halogens is 1. The molecule has 1 aromatic heterocycles. The van der Waals surface area contributed by atoms with Crippen molar-refractivity contribution in [3.8, 4) is 0 Å². The van der Waals surface area contributed by atoms with E-state index in [4.69, 9.17) is 0 Å². The zero-order valence-corrected chi connectivity index (χ0v) is 10.9. The van der Waals surface area contributed by atoms with Gasteiger partial charge in [-0.25, -0.2) is 0 Å². The summed E-state index contributed by atoms with van der Waals surface area (Å²) in [6, 6.07) is 4.23. The molecule has 82 valence electrons. The van der Waals surface area contributed by atoms with E-state index in [1.807, 2.05) is 22.4 Å². The first-order valence-corrected chi connectivity index (χ1v) is 7.23. The van der Waals surface area contributed by atoms with Crippen molar-refractivity contribution in [2.24, 2.45) is 0 Å². The molecule has 1 aliphatic rings. The summed E-state index contributed by atoms with van der Waals surface area (Å²) in [5.41, 5.74) is 0. The van der Waals surface area contributed by atoms with E-state index in [1.165, 1.54) is 17.8 Å². The number of carbonyl (C=O) groups excluding carboxylic acids is 1. The van der Waals surface area contributed by atoms with Gasteiger partial charge >= 0.3 is 0 Å². The second-order valence-electron chi connectivity index (χ2n) is 3.78. The van der Waals surface area contributed by atoms with Crippen LogP contribution in [0.15, 0.2) is 17.5 Å². The number of hydrogen-bond acceptors (Lipinski definition) is 2. The Hall–Kier alpha value is -0.350. The van der Waals surface area contributed by atoms with Crippen molar-refractivity contribution >= 4 is 33.2 Å². The summed E-state index contributed by atoms with van der Waals surface area (Å²) in [6.45, 7) is 0.910. The van der Waals surface area contributed by atoms with Crippen LogP contribution in [0.2, 0.25) is 0 Å². The lowest BCUT2D eigenvalue weighted by Gasteiger charge is -2.34. The quantitative estimate of drug-likeness (QED) is 0.766. The smallest absolute Gasteiger partial charge is 0.264 e. The van der Waals surface area contributed by atoms with Gasteiger partial charge in [-0.05, 0) is 30.7 Å². The molecule has 1 aromatic rings. The maximum absolute atomic E-state index is 12.1. The van der Waals surface area contributed by atoms with Crippen LogP contribution in [0.3, 0.4) is 0 Å². The number of nitrogens with zero attached hydrogens (tertiary/aromatic N) is 1. The van der Waals surface area contributed by atoms with Gasteiger partial charge in [-0.2, -0.15) is 0 Å². The lowest BCUT2D eigenvalue weighted by molar-refractivity contribution is 0.0647. The Bertz CT molecular complexity index is 325. The highest BCUT2D eigenvalue weighted by atomic mass is 79.9. The van der Waals surface area contributed by atoms with Crippen molar-refractivity contribution in [2.45, 2.75) is 25.3 Å². The van der Waals surface area contributed by atoms with Gasteiger partial charge in [0.25, 0.3) is 5.91 Å². The second-order valence-corrected chi connectivity index (χ2v) is 5.37. The first kappa shape index (κ1) is 11.1. The van der Waals surface area contributed by atoms with E-state index in [1.54, 1.807) is 0 Å². The van der Waals surface area contributed by atoms with Crippen LogP contribution in [-0.2, 0) is 0 Å². The van der Waals surface area contributed by atoms with Crippen molar-refractivity contribution in [3.63, 3.8) is 0 Å². The van der Waals surface area contributed by atoms with Gasteiger partial charge in [-0.3, -0.25) is 4.79 Å². The Morgan fingerprint density at radius 2 is 2.47 bits per heavy atom. The summed E-state index contributed by atoms with van der Waals surface area (Å²) < 4.78 is 0. The number of thiophene rings is 1. The molecule has 0 bridgehead atoms. The molecule has 1 unspecified atom stereocenters. The van der Waals surface area contributed by atoms with E-state index < -0.39 is 0 Å². The summed E-state index contributed by atoms with van der Waals surface area (Å²) in [5.74, 6) is 0.203. The highest BCUT2D eigenvalue weighted by Crippen LogP contribution is 2.22. The third-order valence-corrected chi connectivity index (χ3v) is 4.40. The number of amides is 1. The van der Waals surface area contributed by atoms with Crippen molar-refractivity contribution in [2.75, 3.05) is 11.9 Å². The fraction of sp³-hybridized carbons (Fsp3) is 0.545. The summed E-state index contributed by atoms with van der Waals surface area (Å²) >= 11 is 5.02. The molecule has 1 amide bonds. The number of rotatable bonds is 2. The standard InChI is InChI=1S/C11H14BrNOS/c12-8-9-4-1-2-6-13(9)11(14)10-5-3-7-15-10/h3,5,7,9H,1-2,4,6,8H2. The van der Waals surface area contributed by atoms with Gasteiger partial charge in [0.15, 0.2) is 0 Å². The van der Waals surface area contributed by atoms with Gasteiger partial charge in [0.2, 0.25) is 0 Å². The van der Waals surface area contributed by atoms with E-state index in [0.29, 0.717) is 6.04 Å². The number of carbonyl (C=O) groups is 1. The largest absolute Gasteiger partial charge is 0.334 e. The Balaban J connectivity index is 2.11. The highest BCUT2D eigenvalue weighted by molar-refractivity contribution is 9.09. The number of likely N-dealkylation sites (tertiary alicyclic amines) is 1. The molecule has 1 fully saturated rings. The molecule has 0 aliphatic carbocycles. The monoisotopic (exact) mass is 287 g/mol. The van der Waals surface area contributed by atoms with E-state index in [2.05, 4.69) is 15.9 Å². The highest BCUT2D eigenvalue weighted by Gasteiger charge is 2.26. The van der Waals surface area contributed by atoms with Gasteiger partial charge < -0.3 is 4.90 Å². The average Bonchev–Trinajstić information content (AvgIpc) is 2.81. The first-order valence-electron chi connectivity index (χ1n) is 5.23. The molecule has 15 heavy (non-hydrogen) atoms. The minimum Gasteiger partial charge on any atom is -0.334 e. The van der Waals surface area contributed by atoms with Crippen LogP contribution in [0.4, 0.5) is 0 Å². The maximum atomic E-state index is 12.1. The van der Waals surface area contributed by atoms with Crippen LogP contribution in [-0.4, -0.2) is 28.7 Å². The average molecular weight is 288 g/mol. The van der Waals surface area contributed by atoms with E-state index in [0.717, 1.165) is 29.6 Å². The van der Waals surface area contributed by atoms with Gasteiger partial charge in [-0.15, -0.1) is 11.3 Å². The molecule has 2 nitrogen and oxygen atoms in total. The normalized spacial score (nSPS) is 21.7. The van der Waals surface area contributed by atoms with Crippen LogP contribution in [0, 0.1) is 0 Å². The van der Waals surface area contributed by atoms with Gasteiger partial charge in [0.1, 0.15) is 0 Å². The Kier molecular flexibility index (Phi) is 3.81. The Morgan fingerprint density at radius 3 is 3.13 bits per heavy atom. The lowest BCUT2D eigenvalue weighted by Crippen LogP contribution is -2.44. The molecule has 1 saturated heterocycles. The van der Waals surface area contributed by atoms with Crippen LogP contribution in [0.1, 0.15) is 28.9 Å². The van der Waals surface area contributed by atoms with Crippen molar-refractivity contribution in [3.05, 3.63) is 22.4 Å². The molecule has 0 saturated carbocycles. The van der Waals surface area contributed by atoms with Crippen molar-refractivity contribution in [1.82, 2.24) is 4.90 Å². The van der Waals surface area contributed by atoms with Crippen molar-refractivity contribution < 1.29 is 4.79 Å². The number of hydrogen-bond donors (Lipinski definition) is 0. The van der Waals surface area contributed by atoms with E-state index in [-0.39, 0.29) is 5.91 Å². The fourth-order valence-electron chi connectivity index (χ4n) is 1.97. The second kappa shape index (κ2) is 5.12. The van der Waals surface area contributed by atoms with Crippen LogP contribution >= 0.6 is 27.3 Å². The van der Waals surface area contributed by atoms with Crippen LogP contribution in [0.25, 0.3) is 0 Å². The van der Waals surface area contributed by atoms with Gasteiger partial charge in [0.05, 0.1) is 4.88 Å². The molecule has 0 radical (unpaired) electrons. The van der Waals surface area contributed by atoms with Crippen molar-refractivity contribution in [1.29, 1.82) is 0 Å². The molecular formula is C11H14BrNOS. The fourth-order valence-corrected chi connectivity index (χ4v) is 3.32. The molecule has 4 heteroatoms. The summed E-state index contributed by atoms with van der Waals surface area (Å²) in [4.78, 5) is 15.0. The SMILES string of the molecule is O=C(c1cccs1)N1CCCCC1CBr. The molecule has 0 spiro atoms. The molecule has 1 atom stereocenters. The van der Waals surface area contributed by atoms with E-state index >= 15 is 0 Å². The minimum absolute atomic E-state index is 0.203. The molecule has 2 heterocycles. The Labute approximate surface area is 102 Å².